The Balaban J connectivity index is 1.92. The molecule has 2 aliphatic rings. The molecule has 0 bridgehead atoms. The van der Waals surface area contributed by atoms with Gasteiger partial charge in [-0.1, -0.05) is 0 Å². The standard InChI is InChI=1S/C15H19NO2/c1-10(2)16-14(17)11-3-4-13-12(9-11)15(5-6-15)7-8-18-13/h3-4,9-10H,5-8H2,1-2H3,(H,16,17). The Labute approximate surface area is 108 Å². The molecule has 0 aromatic heterocycles. The molecule has 3 rings (SSSR count). The lowest BCUT2D eigenvalue weighted by Gasteiger charge is -2.26. The van der Waals surface area contributed by atoms with E-state index in [9.17, 15) is 4.79 Å². The topological polar surface area (TPSA) is 38.3 Å². The molecule has 3 nitrogen and oxygen atoms in total. The summed E-state index contributed by atoms with van der Waals surface area (Å²) in [7, 11) is 0. The number of nitrogens with one attached hydrogen (secondary N) is 1. The summed E-state index contributed by atoms with van der Waals surface area (Å²) in [4.78, 5) is 12.0. The number of ether oxygens (including phenoxy) is 1. The lowest BCUT2D eigenvalue weighted by molar-refractivity contribution is 0.0943. The molecule has 0 atom stereocenters. The fourth-order valence-corrected chi connectivity index (χ4v) is 2.72. The molecular weight excluding hydrogens is 226 g/mol. The number of amides is 1. The first kappa shape index (κ1) is 11.6. The van der Waals surface area contributed by atoms with Crippen LogP contribution in [-0.2, 0) is 5.41 Å². The van der Waals surface area contributed by atoms with Crippen molar-refractivity contribution in [2.75, 3.05) is 6.61 Å². The fourth-order valence-electron chi connectivity index (χ4n) is 2.72. The van der Waals surface area contributed by atoms with E-state index >= 15 is 0 Å². The lowest BCUT2D eigenvalue weighted by atomic mass is 9.88. The first-order valence-corrected chi connectivity index (χ1v) is 6.69. The van der Waals surface area contributed by atoms with Gasteiger partial charge < -0.3 is 10.1 Å². The zero-order valence-corrected chi connectivity index (χ0v) is 11.0. The summed E-state index contributed by atoms with van der Waals surface area (Å²) in [6, 6.07) is 6.00. The molecule has 1 fully saturated rings. The van der Waals surface area contributed by atoms with E-state index in [0.717, 1.165) is 24.3 Å². The summed E-state index contributed by atoms with van der Waals surface area (Å²) in [6.45, 7) is 4.76. The van der Waals surface area contributed by atoms with E-state index < -0.39 is 0 Å². The maximum absolute atomic E-state index is 12.0. The number of carbonyl (C=O) groups excluding carboxylic acids is 1. The van der Waals surface area contributed by atoms with Crippen LogP contribution in [0.1, 0.15) is 49.0 Å². The SMILES string of the molecule is CC(C)NC(=O)c1ccc2c(c1)C1(CCO2)CC1. The molecule has 3 heteroatoms. The van der Waals surface area contributed by atoms with Gasteiger partial charge in [-0.05, 0) is 51.3 Å². The first-order valence-electron chi connectivity index (χ1n) is 6.69. The molecule has 1 spiro atoms. The van der Waals surface area contributed by atoms with Gasteiger partial charge >= 0.3 is 0 Å². The summed E-state index contributed by atoms with van der Waals surface area (Å²) in [5.41, 5.74) is 2.31. The maximum atomic E-state index is 12.0. The minimum absolute atomic E-state index is 0.00849. The van der Waals surface area contributed by atoms with E-state index in [1.54, 1.807) is 0 Å². The molecule has 18 heavy (non-hydrogen) atoms. The molecule has 1 aliphatic heterocycles. The van der Waals surface area contributed by atoms with Gasteiger partial charge in [0.1, 0.15) is 5.75 Å². The Morgan fingerprint density at radius 2 is 2.11 bits per heavy atom. The Morgan fingerprint density at radius 1 is 1.33 bits per heavy atom. The van der Waals surface area contributed by atoms with Gasteiger partial charge in [-0.15, -0.1) is 0 Å². The van der Waals surface area contributed by atoms with Crippen LogP contribution in [0.2, 0.25) is 0 Å². The lowest BCUT2D eigenvalue weighted by Crippen LogP contribution is -2.30. The molecule has 0 unspecified atom stereocenters. The van der Waals surface area contributed by atoms with E-state index in [-0.39, 0.29) is 11.9 Å². The van der Waals surface area contributed by atoms with Crippen molar-refractivity contribution >= 4 is 5.91 Å². The Hall–Kier alpha value is -1.51. The van der Waals surface area contributed by atoms with Crippen molar-refractivity contribution in [3.8, 4) is 5.75 Å². The predicted molar refractivity (Wildman–Crippen MR) is 70.1 cm³/mol. The second-order valence-electron chi connectivity index (χ2n) is 5.72. The average molecular weight is 245 g/mol. The second-order valence-corrected chi connectivity index (χ2v) is 5.72. The smallest absolute Gasteiger partial charge is 0.251 e. The Kier molecular flexibility index (Phi) is 2.58. The molecule has 1 N–H and O–H groups in total. The quantitative estimate of drug-likeness (QED) is 0.870. The number of benzene rings is 1. The highest BCUT2D eigenvalue weighted by Crippen LogP contribution is 2.55. The van der Waals surface area contributed by atoms with Crippen LogP contribution in [0.4, 0.5) is 0 Å². The van der Waals surface area contributed by atoms with Gasteiger partial charge in [-0.2, -0.15) is 0 Å². The van der Waals surface area contributed by atoms with Gasteiger partial charge in [0.25, 0.3) is 5.91 Å². The third-order valence-electron chi connectivity index (χ3n) is 3.92. The zero-order valence-electron chi connectivity index (χ0n) is 11.0. The minimum Gasteiger partial charge on any atom is -0.493 e. The van der Waals surface area contributed by atoms with E-state index in [1.807, 2.05) is 32.0 Å². The summed E-state index contributed by atoms with van der Waals surface area (Å²) in [5, 5.41) is 2.93. The van der Waals surface area contributed by atoms with Crippen LogP contribution in [0.15, 0.2) is 18.2 Å². The monoisotopic (exact) mass is 245 g/mol. The summed E-state index contributed by atoms with van der Waals surface area (Å²) in [5.74, 6) is 0.981. The molecule has 1 aliphatic carbocycles. The van der Waals surface area contributed by atoms with Crippen molar-refractivity contribution in [1.29, 1.82) is 0 Å². The van der Waals surface area contributed by atoms with Gasteiger partial charge in [-0.3, -0.25) is 4.79 Å². The first-order chi connectivity index (χ1) is 8.61. The van der Waals surface area contributed by atoms with Crippen molar-refractivity contribution in [3.05, 3.63) is 29.3 Å². The normalized spacial score (nSPS) is 19.3. The van der Waals surface area contributed by atoms with Crippen molar-refractivity contribution in [3.63, 3.8) is 0 Å². The Bertz CT molecular complexity index is 489. The number of fused-ring (bicyclic) bond motifs is 2. The van der Waals surface area contributed by atoms with E-state index in [1.165, 1.54) is 18.4 Å². The largest absolute Gasteiger partial charge is 0.493 e. The molecule has 1 heterocycles. The number of hydrogen-bond donors (Lipinski definition) is 1. The van der Waals surface area contributed by atoms with Crippen LogP contribution in [0.25, 0.3) is 0 Å². The fraction of sp³-hybridized carbons (Fsp3) is 0.533. The molecule has 1 amide bonds. The molecule has 0 radical (unpaired) electrons. The van der Waals surface area contributed by atoms with Crippen LogP contribution in [0, 0.1) is 0 Å². The van der Waals surface area contributed by atoms with Gasteiger partial charge in [0.15, 0.2) is 0 Å². The number of carbonyl (C=O) groups is 1. The molecule has 0 saturated heterocycles. The van der Waals surface area contributed by atoms with Gasteiger partial charge in [0.05, 0.1) is 6.61 Å². The van der Waals surface area contributed by atoms with Crippen LogP contribution >= 0.6 is 0 Å². The van der Waals surface area contributed by atoms with Crippen LogP contribution in [0.3, 0.4) is 0 Å². The van der Waals surface area contributed by atoms with Crippen molar-refractivity contribution in [2.45, 2.75) is 44.6 Å². The third kappa shape index (κ3) is 1.88. The molecule has 96 valence electrons. The van der Waals surface area contributed by atoms with Crippen LogP contribution in [-0.4, -0.2) is 18.6 Å². The van der Waals surface area contributed by atoms with Gasteiger partial charge in [0.2, 0.25) is 0 Å². The van der Waals surface area contributed by atoms with Crippen molar-refractivity contribution in [2.24, 2.45) is 0 Å². The molecular formula is C15H19NO2. The predicted octanol–water partition coefficient (Wildman–Crippen LogP) is 2.64. The number of hydrogen-bond acceptors (Lipinski definition) is 2. The highest BCUT2D eigenvalue weighted by molar-refractivity contribution is 5.94. The van der Waals surface area contributed by atoms with E-state index in [4.69, 9.17) is 4.74 Å². The van der Waals surface area contributed by atoms with E-state index in [2.05, 4.69) is 5.32 Å². The van der Waals surface area contributed by atoms with Crippen LogP contribution < -0.4 is 10.1 Å². The minimum atomic E-state index is 0.00849. The summed E-state index contributed by atoms with van der Waals surface area (Å²) in [6.07, 6.45) is 3.56. The van der Waals surface area contributed by atoms with E-state index in [0.29, 0.717) is 5.41 Å². The Morgan fingerprint density at radius 3 is 2.78 bits per heavy atom. The zero-order chi connectivity index (χ0) is 12.8. The summed E-state index contributed by atoms with van der Waals surface area (Å²) < 4.78 is 5.68. The highest BCUT2D eigenvalue weighted by Gasteiger charge is 2.47. The highest BCUT2D eigenvalue weighted by atomic mass is 16.5. The summed E-state index contributed by atoms with van der Waals surface area (Å²) >= 11 is 0. The van der Waals surface area contributed by atoms with Crippen molar-refractivity contribution in [1.82, 2.24) is 5.32 Å². The average Bonchev–Trinajstić information content (AvgIpc) is 3.09. The molecule has 1 saturated carbocycles. The van der Waals surface area contributed by atoms with Crippen LogP contribution in [0.5, 0.6) is 5.75 Å². The molecule has 1 aromatic carbocycles. The maximum Gasteiger partial charge on any atom is 0.251 e. The third-order valence-corrected chi connectivity index (χ3v) is 3.92. The molecule has 1 aromatic rings. The van der Waals surface area contributed by atoms with Crippen molar-refractivity contribution < 1.29 is 9.53 Å². The number of rotatable bonds is 2. The second kappa shape index (κ2) is 4.01. The van der Waals surface area contributed by atoms with Gasteiger partial charge in [0, 0.05) is 22.6 Å². The van der Waals surface area contributed by atoms with Gasteiger partial charge in [-0.25, -0.2) is 0 Å².